The van der Waals surface area contributed by atoms with Crippen molar-refractivity contribution >= 4 is 56.7 Å². The van der Waals surface area contributed by atoms with Gasteiger partial charge in [0.05, 0.1) is 27.8 Å². The number of anilines is 1. The predicted octanol–water partition coefficient (Wildman–Crippen LogP) is 6.40. The van der Waals surface area contributed by atoms with Crippen molar-refractivity contribution in [1.29, 1.82) is 0 Å². The lowest BCUT2D eigenvalue weighted by molar-refractivity contribution is -0.146. The van der Waals surface area contributed by atoms with E-state index in [0.29, 0.717) is 11.3 Å². The number of carbonyl (C=O) groups is 3. The number of benzene rings is 3. The number of nitrogens with one attached hydrogen (secondary N) is 1. The van der Waals surface area contributed by atoms with Gasteiger partial charge in [0.25, 0.3) is 0 Å². The first-order valence-electron chi connectivity index (χ1n) is 12.4. The second kappa shape index (κ2) is 10.2. The number of hydrogen-bond acceptors (Lipinski definition) is 6. The molecule has 2 aliphatic rings. The van der Waals surface area contributed by atoms with Crippen LogP contribution in [0.3, 0.4) is 0 Å². The summed E-state index contributed by atoms with van der Waals surface area (Å²) >= 11 is 2.87. The van der Waals surface area contributed by atoms with Gasteiger partial charge in [-0.15, -0.1) is 11.3 Å². The van der Waals surface area contributed by atoms with Gasteiger partial charge in [-0.2, -0.15) is 0 Å². The molecule has 2 aliphatic carbocycles. The third-order valence-electron chi connectivity index (χ3n) is 7.32. The van der Waals surface area contributed by atoms with E-state index < -0.39 is 17.8 Å². The highest BCUT2D eigenvalue weighted by Crippen LogP contribution is 2.48. The molecule has 2 bridgehead atoms. The van der Waals surface area contributed by atoms with Gasteiger partial charge in [0.15, 0.2) is 10.1 Å². The van der Waals surface area contributed by atoms with Gasteiger partial charge < -0.3 is 10.4 Å². The van der Waals surface area contributed by atoms with Gasteiger partial charge in [0, 0.05) is 11.3 Å². The number of rotatable bonds is 8. The Labute approximate surface area is 227 Å². The monoisotopic (exact) mass is 540 g/mol. The number of Topliss-reactive ketones (excluding diaryl/α,β-unsaturated/α-hetero) is 1. The van der Waals surface area contributed by atoms with Crippen molar-refractivity contribution in [1.82, 2.24) is 4.98 Å². The maximum absolute atomic E-state index is 13.0. The number of thiazole rings is 1. The largest absolute Gasteiger partial charge is 0.481 e. The van der Waals surface area contributed by atoms with E-state index >= 15 is 0 Å². The van der Waals surface area contributed by atoms with Gasteiger partial charge in [-0.25, -0.2) is 4.98 Å². The zero-order valence-corrected chi connectivity index (χ0v) is 21.9. The van der Waals surface area contributed by atoms with Gasteiger partial charge in [0.1, 0.15) is 0 Å². The second-order valence-electron chi connectivity index (χ2n) is 9.64. The molecule has 6 rings (SSSR count). The lowest BCUT2D eigenvalue weighted by Gasteiger charge is -2.23. The number of allylic oxidation sites excluding steroid dienone is 2. The van der Waals surface area contributed by atoms with Crippen molar-refractivity contribution in [2.24, 2.45) is 23.7 Å². The number of hydrogen-bond donors (Lipinski definition) is 2. The molecule has 0 unspecified atom stereocenters. The summed E-state index contributed by atoms with van der Waals surface area (Å²) in [6.07, 6.45) is 4.63. The number of carboxylic acids is 1. The van der Waals surface area contributed by atoms with Crippen LogP contribution in [0.25, 0.3) is 21.3 Å². The molecular weight excluding hydrogens is 516 g/mol. The average molecular weight is 541 g/mol. The minimum Gasteiger partial charge on any atom is -0.481 e. The Morgan fingerprint density at radius 2 is 1.63 bits per heavy atom. The molecule has 8 heteroatoms. The second-order valence-corrected chi connectivity index (χ2v) is 11.9. The minimum atomic E-state index is -0.914. The SMILES string of the molecule is O=C(CSc1nc2ccc(NC(=O)[C@H]3[C@@H](C(=O)O)[C@H]4C=C[C@H]3C4)cc2s1)c1ccc(-c2ccccc2)cc1. The Hall–Kier alpha value is -3.75. The molecule has 0 spiro atoms. The maximum Gasteiger partial charge on any atom is 0.307 e. The van der Waals surface area contributed by atoms with E-state index in [-0.39, 0.29) is 29.3 Å². The Morgan fingerprint density at radius 1 is 0.921 bits per heavy atom. The first-order chi connectivity index (χ1) is 18.5. The molecule has 190 valence electrons. The predicted molar refractivity (Wildman–Crippen MR) is 151 cm³/mol. The molecule has 1 aromatic heterocycles. The number of fused-ring (bicyclic) bond motifs is 3. The summed E-state index contributed by atoms with van der Waals surface area (Å²) in [6.45, 7) is 0. The maximum atomic E-state index is 13.0. The Morgan fingerprint density at radius 3 is 2.37 bits per heavy atom. The fourth-order valence-electron chi connectivity index (χ4n) is 5.47. The van der Waals surface area contributed by atoms with Crippen molar-refractivity contribution in [2.75, 3.05) is 11.1 Å². The molecule has 1 heterocycles. The van der Waals surface area contributed by atoms with Crippen LogP contribution in [-0.2, 0) is 9.59 Å². The Bertz CT molecular complexity index is 1560. The normalized spacial score (nSPS) is 21.6. The summed E-state index contributed by atoms with van der Waals surface area (Å²) in [5.74, 6) is -2.17. The van der Waals surface area contributed by atoms with Crippen molar-refractivity contribution in [3.8, 4) is 11.1 Å². The van der Waals surface area contributed by atoms with E-state index in [9.17, 15) is 19.5 Å². The van der Waals surface area contributed by atoms with Crippen LogP contribution >= 0.6 is 23.1 Å². The van der Waals surface area contributed by atoms with Gasteiger partial charge >= 0.3 is 5.97 Å². The molecule has 6 nitrogen and oxygen atoms in total. The molecule has 1 amide bonds. The number of ketones is 1. The third kappa shape index (κ3) is 4.77. The topological polar surface area (TPSA) is 96.4 Å². The van der Waals surface area contributed by atoms with Crippen LogP contribution in [0.15, 0.2) is 89.3 Å². The quantitative estimate of drug-likeness (QED) is 0.153. The van der Waals surface area contributed by atoms with Gasteiger partial charge in [-0.3, -0.25) is 14.4 Å². The molecule has 4 atom stereocenters. The van der Waals surface area contributed by atoms with Gasteiger partial charge in [-0.1, -0.05) is 78.5 Å². The standard InChI is InChI=1S/C30H24N2O4S2/c33-24(19-8-6-18(7-9-19)17-4-2-1-3-5-17)16-37-30-32-23-13-12-22(15-25(23)38-30)31-28(34)26-20-10-11-21(14-20)27(26)29(35)36/h1-13,15,20-21,26-27H,14,16H2,(H,31,34)(H,35,36)/t20-,21-,26+,27-/m0/s1. The molecule has 2 N–H and O–H groups in total. The molecule has 0 saturated heterocycles. The lowest BCUT2D eigenvalue weighted by Crippen LogP contribution is -2.36. The number of nitrogens with zero attached hydrogens (tertiary/aromatic N) is 1. The van der Waals surface area contributed by atoms with Crippen LogP contribution in [-0.4, -0.2) is 33.5 Å². The fourth-order valence-corrected chi connectivity index (χ4v) is 7.48. The number of thioether (sulfide) groups is 1. The van der Waals surface area contributed by atoms with Crippen LogP contribution in [0, 0.1) is 23.7 Å². The molecule has 1 saturated carbocycles. The summed E-state index contributed by atoms with van der Waals surface area (Å²) in [4.78, 5) is 42.2. The third-order valence-corrected chi connectivity index (χ3v) is 9.49. The number of aromatic nitrogens is 1. The van der Waals surface area contributed by atoms with Crippen LogP contribution in [0.2, 0.25) is 0 Å². The summed E-state index contributed by atoms with van der Waals surface area (Å²) in [5, 5.41) is 12.6. The average Bonchev–Trinajstić information content (AvgIpc) is 3.66. The summed E-state index contributed by atoms with van der Waals surface area (Å²) < 4.78 is 1.68. The Kier molecular flexibility index (Phi) is 6.59. The number of carbonyl (C=O) groups excluding carboxylic acids is 2. The van der Waals surface area contributed by atoms with E-state index in [2.05, 4.69) is 10.3 Å². The van der Waals surface area contributed by atoms with Crippen molar-refractivity contribution in [2.45, 2.75) is 10.8 Å². The van der Waals surface area contributed by atoms with E-state index in [1.807, 2.05) is 78.9 Å². The molecule has 38 heavy (non-hydrogen) atoms. The number of aliphatic carboxylic acids is 1. The highest BCUT2D eigenvalue weighted by atomic mass is 32.2. The highest BCUT2D eigenvalue weighted by molar-refractivity contribution is 8.01. The van der Waals surface area contributed by atoms with Crippen molar-refractivity contribution < 1.29 is 19.5 Å². The van der Waals surface area contributed by atoms with Crippen molar-refractivity contribution in [3.63, 3.8) is 0 Å². The summed E-state index contributed by atoms with van der Waals surface area (Å²) in [5.41, 5.74) is 4.26. The van der Waals surface area contributed by atoms with E-state index in [1.54, 1.807) is 6.07 Å². The summed E-state index contributed by atoms with van der Waals surface area (Å²) in [6, 6.07) is 23.2. The smallest absolute Gasteiger partial charge is 0.307 e. The Balaban J connectivity index is 1.10. The van der Waals surface area contributed by atoms with Gasteiger partial charge in [0.2, 0.25) is 5.91 Å². The van der Waals surface area contributed by atoms with Crippen molar-refractivity contribution in [3.05, 3.63) is 90.5 Å². The van der Waals surface area contributed by atoms with Crippen LogP contribution in [0.1, 0.15) is 16.8 Å². The molecule has 0 radical (unpaired) electrons. The first-order valence-corrected chi connectivity index (χ1v) is 14.2. The van der Waals surface area contributed by atoms with E-state index in [1.165, 1.54) is 23.1 Å². The van der Waals surface area contributed by atoms with Crippen LogP contribution in [0.5, 0.6) is 0 Å². The zero-order valence-electron chi connectivity index (χ0n) is 20.2. The van der Waals surface area contributed by atoms with Crippen LogP contribution < -0.4 is 5.32 Å². The number of carboxylic acid groups (broad SMARTS) is 1. The molecule has 4 aromatic rings. The zero-order chi connectivity index (χ0) is 26.2. The molecular formula is C30H24N2O4S2. The van der Waals surface area contributed by atoms with E-state index in [4.69, 9.17) is 0 Å². The highest BCUT2D eigenvalue weighted by Gasteiger charge is 2.51. The first kappa shape index (κ1) is 24.6. The molecule has 3 aromatic carbocycles. The molecule has 0 aliphatic heterocycles. The van der Waals surface area contributed by atoms with E-state index in [0.717, 1.165) is 32.1 Å². The number of amides is 1. The van der Waals surface area contributed by atoms with Crippen LogP contribution in [0.4, 0.5) is 5.69 Å². The fraction of sp³-hybridized carbons (Fsp3) is 0.200. The van der Waals surface area contributed by atoms with Gasteiger partial charge in [-0.05, 0) is 47.6 Å². The summed E-state index contributed by atoms with van der Waals surface area (Å²) in [7, 11) is 0. The lowest BCUT2D eigenvalue weighted by atomic mass is 9.82. The minimum absolute atomic E-state index is 0.0247. The molecule has 1 fully saturated rings.